The molecule has 285 valence electrons. The quantitative estimate of drug-likeness (QED) is 0.144. The molecule has 0 fully saturated rings. The van der Waals surface area contributed by atoms with E-state index in [-0.39, 0.29) is 23.5 Å². The van der Waals surface area contributed by atoms with Gasteiger partial charge in [0, 0.05) is 24.5 Å². The average Bonchev–Trinajstić information content (AvgIpc) is 3.06. The molecule has 5 aromatic rings. The van der Waals surface area contributed by atoms with Crippen molar-refractivity contribution >= 4 is 63.1 Å². The molecule has 5 rings (SSSR count). The van der Waals surface area contributed by atoms with Crippen LogP contribution in [0.3, 0.4) is 0 Å². The lowest BCUT2D eigenvalue weighted by molar-refractivity contribution is 1.11. The number of hydrogen-bond donors (Lipinski definition) is 0. The van der Waals surface area contributed by atoms with Gasteiger partial charge in [0.1, 0.15) is 0 Å². The van der Waals surface area contributed by atoms with Crippen LogP contribution in [0.15, 0.2) is 115 Å². The van der Waals surface area contributed by atoms with Gasteiger partial charge < -0.3 is 0 Å². The molecular formula is C40H35F5N5S5. The number of rotatable bonds is 0. The third kappa shape index (κ3) is 21.6. The normalized spacial score (nSPS) is 8.00. The van der Waals surface area contributed by atoms with Crippen LogP contribution in [0.2, 0.25) is 0 Å². The summed E-state index contributed by atoms with van der Waals surface area (Å²) in [4.78, 5) is 3.94. The van der Waals surface area contributed by atoms with Gasteiger partial charge >= 0.3 is 0 Å². The van der Waals surface area contributed by atoms with E-state index in [1.165, 1.54) is 0 Å². The summed E-state index contributed by atoms with van der Waals surface area (Å²) in [6.45, 7) is 9.42. The second-order valence-electron chi connectivity index (χ2n) is 10.4. The number of halogens is 5. The van der Waals surface area contributed by atoms with Gasteiger partial charge in [-0.05, 0) is 153 Å². The first kappa shape index (κ1) is 58.6. The highest BCUT2D eigenvalue weighted by molar-refractivity contribution is 7.81. The van der Waals surface area contributed by atoms with Gasteiger partial charge in [0.2, 0.25) is 0 Å². The van der Waals surface area contributed by atoms with Gasteiger partial charge in [-0.2, -0.15) is 26.3 Å². The second kappa shape index (κ2) is 30.7. The van der Waals surface area contributed by atoms with E-state index in [0.29, 0.717) is 27.8 Å². The predicted octanol–water partition coefficient (Wildman–Crippen LogP) is 12.9. The molecule has 0 aliphatic heterocycles. The molecule has 55 heavy (non-hydrogen) atoms. The van der Waals surface area contributed by atoms with Crippen molar-refractivity contribution < 1.29 is 23.5 Å². The number of benzene rings is 5. The molecule has 5 nitrogen and oxygen atoms in total. The summed E-state index contributed by atoms with van der Waals surface area (Å²) < 4.78 is 0. The minimum Gasteiger partial charge on any atom is -0.269 e. The van der Waals surface area contributed by atoms with Gasteiger partial charge in [-0.1, -0.05) is 63.1 Å². The van der Waals surface area contributed by atoms with Crippen LogP contribution in [-0.4, -0.2) is 0 Å². The van der Waals surface area contributed by atoms with Crippen LogP contribution >= 0.6 is 63.1 Å². The zero-order chi connectivity index (χ0) is 37.8. The Morgan fingerprint density at radius 2 is 0.418 bits per heavy atom. The highest BCUT2D eigenvalue weighted by Crippen LogP contribution is 2.15. The largest absolute Gasteiger partial charge is 0.269 e. The van der Waals surface area contributed by atoms with E-state index in [1.807, 2.05) is 65.0 Å². The van der Waals surface area contributed by atoms with Crippen LogP contribution in [-0.2, 0) is 0 Å². The van der Waals surface area contributed by atoms with Crippen molar-refractivity contribution in [2.45, 2.75) is 59.1 Å². The third-order valence-corrected chi connectivity index (χ3v) is 7.86. The van der Waals surface area contributed by atoms with E-state index in [0.717, 1.165) is 52.3 Å². The molecule has 0 heterocycles. The first-order valence-electron chi connectivity index (χ1n) is 14.6. The lowest BCUT2D eigenvalue weighted by Gasteiger charge is -1.94. The SMILES string of the molecule is Cc1cc([S])ccc1C#N.Cc1cc([S])ccc1C#N.Cc1cc([S])ccc1C#N.Cc1cc([S])ccc1C#N.Cc1cc([S])ccc1C#N.F.F.F.F.F. The van der Waals surface area contributed by atoms with Gasteiger partial charge in [0.15, 0.2) is 0 Å². The van der Waals surface area contributed by atoms with Gasteiger partial charge in [-0.15, -0.1) is 0 Å². The summed E-state index contributed by atoms with van der Waals surface area (Å²) in [5, 5.41) is 42.6. The number of nitrogens with zero attached hydrogens (tertiary/aromatic N) is 5. The molecule has 0 saturated heterocycles. The molecule has 0 bridgehead atoms. The Balaban J connectivity index is -0.000000185. The van der Waals surface area contributed by atoms with Crippen LogP contribution in [0.25, 0.3) is 0 Å². The van der Waals surface area contributed by atoms with Gasteiger partial charge in [-0.3, -0.25) is 23.5 Å². The van der Waals surface area contributed by atoms with Crippen LogP contribution in [0.5, 0.6) is 0 Å². The fourth-order valence-corrected chi connectivity index (χ4v) is 5.03. The summed E-state index contributed by atoms with van der Waals surface area (Å²) >= 11 is 24.5. The molecular weight excluding hydrogens is 806 g/mol. The van der Waals surface area contributed by atoms with Crippen LogP contribution in [0, 0.1) is 91.3 Å². The molecule has 0 N–H and O–H groups in total. The Kier molecular flexibility index (Phi) is 32.7. The van der Waals surface area contributed by atoms with Crippen molar-refractivity contribution in [3.8, 4) is 30.3 Å². The molecule has 0 unspecified atom stereocenters. The lowest BCUT2D eigenvalue weighted by atomic mass is 10.1. The fraction of sp³-hybridized carbons (Fsp3) is 0.125. The molecule has 0 aliphatic carbocycles. The van der Waals surface area contributed by atoms with E-state index in [4.69, 9.17) is 89.5 Å². The van der Waals surface area contributed by atoms with Crippen molar-refractivity contribution in [3.05, 3.63) is 147 Å². The molecule has 0 aromatic heterocycles. The smallest absolute Gasteiger partial charge is 0.0994 e. The minimum absolute atomic E-state index is 0. The van der Waals surface area contributed by atoms with E-state index >= 15 is 0 Å². The standard InChI is InChI=1S/5C8H6NS.5FH/c5*1-6-4-8(10)3-2-7(6)5-9;;;;;/h5*2-4H,1H3;5*1H. The maximum absolute atomic E-state index is 8.53. The van der Waals surface area contributed by atoms with E-state index in [1.54, 1.807) is 60.7 Å². The Morgan fingerprint density at radius 3 is 0.509 bits per heavy atom. The van der Waals surface area contributed by atoms with Gasteiger partial charge in [0.05, 0.1) is 58.2 Å². The van der Waals surface area contributed by atoms with Gasteiger partial charge in [0.25, 0.3) is 0 Å². The monoisotopic (exact) mass is 840 g/mol. The van der Waals surface area contributed by atoms with Crippen molar-refractivity contribution in [1.29, 1.82) is 26.3 Å². The number of aryl methyl sites for hydroxylation is 5. The van der Waals surface area contributed by atoms with Crippen molar-refractivity contribution in [1.82, 2.24) is 0 Å². The maximum Gasteiger partial charge on any atom is 0.0994 e. The summed E-state index contributed by atoms with van der Waals surface area (Å²) in [6, 6.07) is 37.1. The molecule has 0 saturated carbocycles. The van der Waals surface area contributed by atoms with Crippen molar-refractivity contribution in [2.75, 3.05) is 0 Å². The van der Waals surface area contributed by atoms with Crippen LogP contribution in [0.1, 0.15) is 55.6 Å². The van der Waals surface area contributed by atoms with Crippen molar-refractivity contribution in [2.24, 2.45) is 0 Å². The third-order valence-electron chi connectivity index (χ3n) is 6.59. The molecule has 15 heteroatoms. The van der Waals surface area contributed by atoms with E-state index in [2.05, 4.69) is 30.3 Å². The maximum atomic E-state index is 8.53. The highest BCUT2D eigenvalue weighted by atomic mass is 32.1. The number of nitriles is 5. The topological polar surface area (TPSA) is 119 Å². The van der Waals surface area contributed by atoms with Gasteiger partial charge in [-0.25, -0.2) is 0 Å². The Hall–Kier alpha value is -5.70. The summed E-state index contributed by atoms with van der Waals surface area (Å²) in [5.41, 5.74) is 8.28. The lowest BCUT2D eigenvalue weighted by Crippen LogP contribution is -1.79. The zero-order valence-electron chi connectivity index (χ0n) is 30.0. The highest BCUT2D eigenvalue weighted by Gasteiger charge is 1.98. The fourth-order valence-electron chi connectivity index (χ4n) is 3.81. The van der Waals surface area contributed by atoms with E-state index < -0.39 is 0 Å². The zero-order valence-corrected chi connectivity index (χ0v) is 34.1. The second-order valence-corrected chi connectivity index (χ2v) is 12.8. The molecule has 0 aliphatic rings. The van der Waals surface area contributed by atoms with Crippen molar-refractivity contribution in [3.63, 3.8) is 0 Å². The first-order chi connectivity index (χ1) is 23.7. The Morgan fingerprint density at radius 1 is 0.291 bits per heavy atom. The predicted molar refractivity (Wildman–Crippen MR) is 221 cm³/mol. The van der Waals surface area contributed by atoms with Crippen LogP contribution in [0.4, 0.5) is 23.5 Å². The van der Waals surface area contributed by atoms with Crippen LogP contribution < -0.4 is 0 Å². The Bertz CT molecular complexity index is 1810. The molecule has 0 atom stereocenters. The minimum atomic E-state index is 0. The summed E-state index contributed by atoms with van der Waals surface area (Å²) in [7, 11) is 0. The Labute approximate surface area is 347 Å². The molecule has 0 spiro atoms. The molecule has 0 amide bonds. The summed E-state index contributed by atoms with van der Waals surface area (Å²) in [5.74, 6) is 0. The molecule has 5 radical (unpaired) electrons. The summed E-state index contributed by atoms with van der Waals surface area (Å²) in [6.07, 6.45) is 0. The first-order valence-corrected chi connectivity index (χ1v) is 16.6. The molecule has 5 aromatic carbocycles. The average molecular weight is 841 g/mol. The van der Waals surface area contributed by atoms with E-state index in [9.17, 15) is 0 Å². The number of hydrogen-bond acceptors (Lipinski definition) is 5.